The maximum Gasteiger partial charge on any atom is 0.257 e. The van der Waals surface area contributed by atoms with Gasteiger partial charge in [-0.25, -0.2) is 0 Å². The van der Waals surface area contributed by atoms with Crippen LogP contribution in [0.4, 0.5) is 0 Å². The Labute approximate surface area is 192 Å². The number of amides is 2. The molecule has 3 aromatic rings. The molecular weight excluding hydrogens is 420 g/mol. The maximum absolute atomic E-state index is 13.3. The number of benzene rings is 2. The molecule has 0 aliphatic carbocycles. The highest BCUT2D eigenvalue weighted by Gasteiger charge is 2.37. The molecule has 2 N–H and O–H groups in total. The summed E-state index contributed by atoms with van der Waals surface area (Å²) < 4.78 is 0. The Hall–Kier alpha value is -2.77. The van der Waals surface area contributed by atoms with Gasteiger partial charge in [0.25, 0.3) is 5.91 Å². The highest BCUT2D eigenvalue weighted by Crippen LogP contribution is 2.27. The van der Waals surface area contributed by atoms with Crippen LogP contribution in [0, 0.1) is 0 Å². The summed E-state index contributed by atoms with van der Waals surface area (Å²) in [6.07, 6.45) is 3.64. The van der Waals surface area contributed by atoms with Crippen LogP contribution in [0.15, 0.2) is 60.8 Å². The molecule has 2 saturated heterocycles. The van der Waals surface area contributed by atoms with Crippen molar-refractivity contribution in [2.45, 2.75) is 31.5 Å². The lowest BCUT2D eigenvalue weighted by molar-refractivity contribution is -0.125. The molecule has 166 valence electrons. The zero-order valence-electron chi connectivity index (χ0n) is 18.0. The fourth-order valence-electron chi connectivity index (χ4n) is 4.64. The fourth-order valence-corrected chi connectivity index (χ4v) is 5.79. The number of aromatic amines is 1. The molecule has 0 radical (unpaired) electrons. The average Bonchev–Trinajstić information content (AvgIpc) is 3.48. The van der Waals surface area contributed by atoms with E-state index in [4.69, 9.17) is 0 Å². The normalized spacial score (nSPS) is 20.0. The number of rotatable bonds is 5. The molecule has 5 rings (SSSR count). The topological polar surface area (TPSA) is 68.4 Å². The number of hydrogen-bond donors (Lipinski definition) is 2. The monoisotopic (exact) mass is 448 g/mol. The van der Waals surface area contributed by atoms with E-state index in [-0.39, 0.29) is 17.9 Å². The van der Waals surface area contributed by atoms with Gasteiger partial charge in [-0.2, -0.15) is 0 Å². The third-order valence-electron chi connectivity index (χ3n) is 6.45. The molecular formula is C25H28N4O2S. The Kier molecular flexibility index (Phi) is 6.19. The first kappa shape index (κ1) is 21.1. The van der Waals surface area contributed by atoms with E-state index in [9.17, 15) is 9.59 Å². The van der Waals surface area contributed by atoms with E-state index in [0.717, 1.165) is 43.4 Å². The first-order valence-corrected chi connectivity index (χ1v) is 12.4. The molecule has 2 fully saturated rings. The van der Waals surface area contributed by atoms with E-state index in [0.29, 0.717) is 17.2 Å². The van der Waals surface area contributed by atoms with Gasteiger partial charge in [0.15, 0.2) is 0 Å². The minimum Gasteiger partial charge on any atom is -0.360 e. The Balaban J connectivity index is 1.18. The van der Waals surface area contributed by atoms with Gasteiger partial charge in [0.1, 0.15) is 6.04 Å². The zero-order valence-corrected chi connectivity index (χ0v) is 18.8. The molecule has 0 saturated carbocycles. The van der Waals surface area contributed by atoms with Crippen LogP contribution in [-0.2, 0) is 11.3 Å². The summed E-state index contributed by atoms with van der Waals surface area (Å²) in [6.45, 7) is 2.89. The van der Waals surface area contributed by atoms with Crippen molar-refractivity contribution >= 4 is 34.5 Å². The van der Waals surface area contributed by atoms with Crippen LogP contribution in [-0.4, -0.2) is 63.4 Å². The molecule has 0 spiro atoms. The van der Waals surface area contributed by atoms with Crippen molar-refractivity contribution in [1.29, 1.82) is 0 Å². The smallest absolute Gasteiger partial charge is 0.257 e. The number of para-hydroxylation sites is 1. The minimum absolute atomic E-state index is 0.0234. The lowest BCUT2D eigenvalue weighted by Gasteiger charge is -2.33. The molecule has 2 aliphatic rings. The summed E-state index contributed by atoms with van der Waals surface area (Å²) >= 11 is 1.64. The van der Waals surface area contributed by atoms with Crippen LogP contribution < -0.4 is 5.32 Å². The Bertz CT molecular complexity index is 1090. The van der Waals surface area contributed by atoms with Gasteiger partial charge in [0, 0.05) is 48.5 Å². The van der Waals surface area contributed by atoms with Gasteiger partial charge < -0.3 is 15.2 Å². The summed E-state index contributed by atoms with van der Waals surface area (Å²) in [5.41, 5.74) is 2.89. The van der Waals surface area contributed by atoms with E-state index in [1.165, 1.54) is 5.56 Å². The molecule has 1 aromatic heterocycles. The third-order valence-corrected chi connectivity index (χ3v) is 7.46. The minimum atomic E-state index is -0.413. The molecule has 6 nitrogen and oxygen atoms in total. The summed E-state index contributed by atoms with van der Waals surface area (Å²) in [5, 5.41) is 4.13. The predicted octanol–water partition coefficient (Wildman–Crippen LogP) is 3.46. The van der Waals surface area contributed by atoms with E-state index in [1.807, 2.05) is 30.3 Å². The first-order chi connectivity index (χ1) is 15.7. The van der Waals surface area contributed by atoms with E-state index >= 15 is 0 Å². The van der Waals surface area contributed by atoms with Crippen molar-refractivity contribution in [3.05, 3.63) is 71.9 Å². The van der Waals surface area contributed by atoms with E-state index < -0.39 is 6.04 Å². The number of carbonyl (C=O) groups excluding carboxylic acids is 2. The quantitative estimate of drug-likeness (QED) is 0.627. The van der Waals surface area contributed by atoms with Crippen LogP contribution in [0.25, 0.3) is 10.9 Å². The van der Waals surface area contributed by atoms with Crippen LogP contribution >= 0.6 is 11.8 Å². The number of likely N-dealkylation sites (tertiary alicyclic amines) is 1. The number of fused-ring (bicyclic) bond motifs is 1. The van der Waals surface area contributed by atoms with Gasteiger partial charge in [-0.3, -0.25) is 14.5 Å². The number of thioether (sulfide) groups is 1. The lowest BCUT2D eigenvalue weighted by atomic mass is 10.0. The fraction of sp³-hybridized carbons (Fsp3) is 0.360. The van der Waals surface area contributed by atoms with Crippen molar-refractivity contribution < 1.29 is 9.59 Å². The van der Waals surface area contributed by atoms with Crippen molar-refractivity contribution in [3.63, 3.8) is 0 Å². The lowest BCUT2D eigenvalue weighted by Crippen LogP contribution is -2.52. The van der Waals surface area contributed by atoms with Gasteiger partial charge in [-0.1, -0.05) is 48.5 Å². The maximum atomic E-state index is 13.3. The van der Waals surface area contributed by atoms with Gasteiger partial charge in [0.2, 0.25) is 5.91 Å². The third kappa shape index (κ3) is 4.40. The summed E-state index contributed by atoms with van der Waals surface area (Å²) in [4.78, 5) is 33.7. The number of nitrogens with zero attached hydrogens (tertiary/aromatic N) is 2. The largest absolute Gasteiger partial charge is 0.360 e. The van der Waals surface area contributed by atoms with E-state index in [2.05, 4.69) is 39.5 Å². The summed E-state index contributed by atoms with van der Waals surface area (Å²) in [7, 11) is 0. The Morgan fingerprint density at radius 1 is 1.03 bits per heavy atom. The van der Waals surface area contributed by atoms with Crippen LogP contribution in [0.5, 0.6) is 0 Å². The van der Waals surface area contributed by atoms with Gasteiger partial charge >= 0.3 is 0 Å². The zero-order chi connectivity index (χ0) is 21.9. The van der Waals surface area contributed by atoms with Crippen LogP contribution in [0.1, 0.15) is 28.8 Å². The molecule has 2 aromatic carbocycles. The standard InChI is InChI=1S/C25H28N4O2S/c30-24(27-19-10-12-28(13-11-19)15-18-6-2-1-3-7-18)23-16-32-17-29(23)25(31)21-14-26-22-9-5-4-8-20(21)22/h1-9,14,19,23,26H,10-13,15-17H2,(H,27,30)/t23-/m0/s1. The molecule has 7 heteroatoms. The second kappa shape index (κ2) is 9.38. The summed E-state index contributed by atoms with van der Waals surface area (Å²) in [6, 6.07) is 18.0. The number of piperidine rings is 1. The summed E-state index contributed by atoms with van der Waals surface area (Å²) in [5.74, 6) is 1.09. The van der Waals surface area contributed by atoms with Gasteiger partial charge in [-0.15, -0.1) is 11.8 Å². The molecule has 0 unspecified atom stereocenters. The number of H-pyrrole nitrogens is 1. The number of nitrogens with one attached hydrogen (secondary N) is 2. The van der Waals surface area contributed by atoms with Crippen molar-refractivity contribution in [2.75, 3.05) is 24.7 Å². The van der Waals surface area contributed by atoms with Gasteiger partial charge in [-0.05, 0) is 24.5 Å². The van der Waals surface area contributed by atoms with Crippen molar-refractivity contribution in [3.8, 4) is 0 Å². The SMILES string of the molecule is O=C(NC1CCN(Cc2ccccc2)CC1)[C@@H]1CSCN1C(=O)c1c[nH]c2ccccc12. The molecule has 1 atom stereocenters. The Morgan fingerprint density at radius 3 is 2.59 bits per heavy atom. The molecule has 2 amide bonds. The number of aromatic nitrogens is 1. The predicted molar refractivity (Wildman–Crippen MR) is 128 cm³/mol. The number of carbonyl (C=O) groups is 2. The number of hydrogen-bond acceptors (Lipinski definition) is 4. The van der Waals surface area contributed by atoms with Crippen LogP contribution in [0.2, 0.25) is 0 Å². The van der Waals surface area contributed by atoms with Crippen molar-refractivity contribution in [2.24, 2.45) is 0 Å². The van der Waals surface area contributed by atoms with E-state index in [1.54, 1.807) is 22.9 Å². The van der Waals surface area contributed by atoms with Crippen LogP contribution in [0.3, 0.4) is 0 Å². The van der Waals surface area contributed by atoms with Crippen molar-refractivity contribution in [1.82, 2.24) is 20.1 Å². The molecule has 32 heavy (non-hydrogen) atoms. The average molecular weight is 449 g/mol. The second-order valence-corrected chi connectivity index (χ2v) is 9.58. The highest BCUT2D eigenvalue weighted by atomic mass is 32.2. The molecule has 0 bridgehead atoms. The Morgan fingerprint density at radius 2 is 1.78 bits per heavy atom. The first-order valence-electron chi connectivity index (χ1n) is 11.2. The van der Waals surface area contributed by atoms with Gasteiger partial charge in [0.05, 0.1) is 11.4 Å². The second-order valence-electron chi connectivity index (χ2n) is 8.58. The molecule has 3 heterocycles. The molecule has 2 aliphatic heterocycles. The highest BCUT2D eigenvalue weighted by molar-refractivity contribution is 7.99.